The smallest absolute Gasteiger partial charge is 0.0690 e. The van der Waals surface area contributed by atoms with Crippen molar-refractivity contribution in [2.45, 2.75) is 45.1 Å². The van der Waals surface area contributed by atoms with Gasteiger partial charge in [0.25, 0.3) is 0 Å². The molecule has 1 unspecified atom stereocenters. The summed E-state index contributed by atoms with van der Waals surface area (Å²) in [4.78, 5) is 0. The van der Waals surface area contributed by atoms with Crippen molar-refractivity contribution in [3.63, 3.8) is 0 Å². The van der Waals surface area contributed by atoms with Crippen LogP contribution in [0, 0.1) is 24.2 Å². The molecule has 12 heavy (non-hydrogen) atoms. The maximum absolute atomic E-state index is 5.80. The van der Waals surface area contributed by atoms with Gasteiger partial charge in [0, 0.05) is 0 Å². The van der Waals surface area contributed by atoms with Gasteiger partial charge in [0.1, 0.15) is 0 Å². The third-order valence-corrected chi connectivity index (χ3v) is 3.17. The molecule has 1 aliphatic carbocycles. The molecule has 0 amide bonds. The van der Waals surface area contributed by atoms with Crippen molar-refractivity contribution in [1.29, 1.82) is 0 Å². The molecule has 0 heterocycles. The molecular weight excluding hydrogens is 146 g/mol. The van der Waals surface area contributed by atoms with E-state index in [1.807, 2.05) is 0 Å². The summed E-state index contributed by atoms with van der Waals surface area (Å²) in [5.41, 5.74) is 5.80. The van der Waals surface area contributed by atoms with E-state index in [0.717, 1.165) is 5.92 Å². The lowest BCUT2D eigenvalue weighted by molar-refractivity contribution is 0.257. The van der Waals surface area contributed by atoms with E-state index in [2.05, 4.69) is 12.8 Å². The molecule has 1 saturated carbocycles. The zero-order valence-corrected chi connectivity index (χ0v) is 7.92. The summed E-state index contributed by atoms with van der Waals surface area (Å²) >= 11 is 0. The van der Waals surface area contributed by atoms with Gasteiger partial charge in [-0.2, -0.15) is 0 Å². The zero-order valence-electron chi connectivity index (χ0n) is 7.92. The van der Waals surface area contributed by atoms with E-state index in [-0.39, 0.29) is 6.04 Å². The summed E-state index contributed by atoms with van der Waals surface area (Å²) in [7, 11) is 0. The summed E-state index contributed by atoms with van der Waals surface area (Å²) in [6, 6.07) is 0.00260. The van der Waals surface area contributed by atoms with Crippen LogP contribution in [0.2, 0.25) is 0 Å². The quantitative estimate of drug-likeness (QED) is 0.623. The number of hydrogen-bond acceptors (Lipinski definition) is 1. The van der Waals surface area contributed by atoms with Crippen molar-refractivity contribution in [1.82, 2.24) is 0 Å². The summed E-state index contributed by atoms with van der Waals surface area (Å²) in [6.07, 6.45) is 11.8. The standard InChI is InChI=1S/C11H19N/c1-3-9-5-7-10(8-6-9)11(12)4-2/h2,9-11H,3,5-8,12H2,1H3. The van der Waals surface area contributed by atoms with Crippen molar-refractivity contribution < 1.29 is 0 Å². The highest BCUT2D eigenvalue weighted by atomic mass is 14.6. The van der Waals surface area contributed by atoms with Crippen LogP contribution in [-0.4, -0.2) is 6.04 Å². The average Bonchev–Trinajstić information content (AvgIpc) is 2.17. The van der Waals surface area contributed by atoms with Crippen molar-refractivity contribution >= 4 is 0 Å². The van der Waals surface area contributed by atoms with Gasteiger partial charge < -0.3 is 5.73 Å². The third-order valence-electron chi connectivity index (χ3n) is 3.17. The minimum absolute atomic E-state index is 0.00260. The molecule has 0 spiro atoms. The molecule has 1 nitrogen and oxygen atoms in total. The predicted octanol–water partition coefficient (Wildman–Crippen LogP) is 2.16. The van der Waals surface area contributed by atoms with Crippen LogP contribution in [0.1, 0.15) is 39.0 Å². The van der Waals surface area contributed by atoms with E-state index in [1.54, 1.807) is 0 Å². The summed E-state index contributed by atoms with van der Waals surface area (Å²) in [5.74, 6) is 4.18. The van der Waals surface area contributed by atoms with E-state index in [9.17, 15) is 0 Å². The SMILES string of the molecule is C#CC(N)C1CCC(CC)CC1. The summed E-state index contributed by atoms with van der Waals surface area (Å²) in [6.45, 7) is 2.27. The largest absolute Gasteiger partial charge is 0.317 e. The fourth-order valence-electron chi connectivity index (χ4n) is 2.09. The van der Waals surface area contributed by atoms with Gasteiger partial charge >= 0.3 is 0 Å². The van der Waals surface area contributed by atoms with Crippen LogP contribution in [0.5, 0.6) is 0 Å². The van der Waals surface area contributed by atoms with E-state index in [1.165, 1.54) is 32.1 Å². The van der Waals surface area contributed by atoms with Crippen molar-refractivity contribution in [2.24, 2.45) is 17.6 Å². The Morgan fingerprint density at radius 1 is 1.42 bits per heavy atom. The maximum Gasteiger partial charge on any atom is 0.0690 e. The third kappa shape index (κ3) is 2.25. The Morgan fingerprint density at radius 2 is 2.00 bits per heavy atom. The molecule has 1 rings (SSSR count). The number of terminal acetylenes is 1. The van der Waals surface area contributed by atoms with Crippen LogP contribution < -0.4 is 5.73 Å². The molecular formula is C11H19N. The van der Waals surface area contributed by atoms with Gasteiger partial charge in [0.2, 0.25) is 0 Å². The first kappa shape index (κ1) is 9.61. The van der Waals surface area contributed by atoms with Crippen molar-refractivity contribution in [2.75, 3.05) is 0 Å². The summed E-state index contributed by atoms with van der Waals surface area (Å²) < 4.78 is 0. The first-order chi connectivity index (χ1) is 5.77. The Hall–Kier alpha value is -0.480. The van der Waals surface area contributed by atoms with Gasteiger partial charge in [-0.25, -0.2) is 0 Å². The molecule has 2 N–H and O–H groups in total. The molecule has 1 aliphatic rings. The molecule has 0 aromatic rings. The Balaban J connectivity index is 2.31. The first-order valence-electron chi connectivity index (χ1n) is 4.99. The Labute approximate surface area is 75.7 Å². The highest BCUT2D eigenvalue weighted by Crippen LogP contribution is 2.31. The summed E-state index contributed by atoms with van der Waals surface area (Å²) in [5, 5.41) is 0. The second-order valence-electron chi connectivity index (χ2n) is 3.88. The van der Waals surface area contributed by atoms with Crippen LogP contribution >= 0.6 is 0 Å². The molecule has 0 bridgehead atoms. The minimum atomic E-state index is 0.00260. The second-order valence-corrected chi connectivity index (χ2v) is 3.88. The lowest BCUT2D eigenvalue weighted by Gasteiger charge is -2.29. The van der Waals surface area contributed by atoms with Gasteiger partial charge in [0.15, 0.2) is 0 Å². The number of rotatable bonds is 2. The van der Waals surface area contributed by atoms with Crippen molar-refractivity contribution in [3.8, 4) is 12.3 Å². The Bertz CT molecular complexity index is 160. The van der Waals surface area contributed by atoms with Crippen molar-refractivity contribution in [3.05, 3.63) is 0 Å². The molecule has 0 saturated heterocycles. The van der Waals surface area contributed by atoms with Crippen LogP contribution in [-0.2, 0) is 0 Å². The molecule has 1 atom stereocenters. The fourth-order valence-corrected chi connectivity index (χ4v) is 2.09. The fraction of sp³-hybridized carbons (Fsp3) is 0.818. The van der Waals surface area contributed by atoms with Gasteiger partial charge in [-0.15, -0.1) is 6.42 Å². The maximum atomic E-state index is 5.80. The molecule has 0 aromatic carbocycles. The minimum Gasteiger partial charge on any atom is -0.317 e. The van der Waals surface area contributed by atoms with E-state index >= 15 is 0 Å². The molecule has 0 aliphatic heterocycles. The Morgan fingerprint density at radius 3 is 2.42 bits per heavy atom. The average molecular weight is 165 g/mol. The predicted molar refractivity (Wildman–Crippen MR) is 52.5 cm³/mol. The van der Waals surface area contributed by atoms with Crippen LogP contribution in [0.25, 0.3) is 0 Å². The van der Waals surface area contributed by atoms with E-state index < -0.39 is 0 Å². The molecule has 0 aromatic heterocycles. The van der Waals surface area contributed by atoms with E-state index in [4.69, 9.17) is 12.2 Å². The Kier molecular flexibility index (Phi) is 3.62. The van der Waals surface area contributed by atoms with Crippen LogP contribution in [0.3, 0.4) is 0 Å². The van der Waals surface area contributed by atoms with Crippen LogP contribution in [0.4, 0.5) is 0 Å². The lowest BCUT2D eigenvalue weighted by Crippen LogP contribution is -2.31. The van der Waals surface area contributed by atoms with Gasteiger partial charge in [0.05, 0.1) is 6.04 Å². The van der Waals surface area contributed by atoms with Gasteiger partial charge in [-0.3, -0.25) is 0 Å². The second kappa shape index (κ2) is 4.52. The monoisotopic (exact) mass is 165 g/mol. The normalized spacial score (nSPS) is 32.4. The highest BCUT2D eigenvalue weighted by Gasteiger charge is 2.23. The molecule has 1 heteroatoms. The number of nitrogens with two attached hydrogens (primary N) is 1. The van der Waals surface area contributed by atoms with Gasteiger partial charge in [-0.1, -0.05) is 32.1 Å². The zero-order chi connectivity index (χ0) is 8.97. The molecule has 1 fully saturated rings. The first-order valence-corrected chi connectivity index (χ1v) is 4.99. The highest BCUT2D eigenvalue weighted by molar-refractivity contribution is 5.00. The molecule has 68 valence electrons. The van der Waals surface area contributed by atoms with E-state index in [0.29, 0.717) is 5.92 Å². The molecule has 0 radical (unpaired) electrons. The number of hydrogen-bond donors (Lipinski definition) is 1. The topological polar surface area (TPSA) is 26.0 Å². The van der Waals surface area contributed by atoms with Crippen LogP contribution in [0.15, 0.2) is 0 Å². The van der Waals surface area contributed by atoms with Gasteiger partial charge in [-0.05, 0) is 24.7 Å². The lowest BCUT2D eigenvalue weighted by atomic mass is 9.78.